The van der Waals surface area contributed by atoms with E-state index in [1.165, 1.54) is 13.8 Å². The number of sulfone groups is 1. The number of halogens is 1. The van der Waals surface area contributed by atoms with Gasteiger partial charge in [0.1, 0.15) is 15.6 Å². The van der Waals surface area contributed by atoms with E-state index in [1.807, 2.05) is 0 Å². The van der Waals surface area contributed by atoms with E-state index in [0.717, 1.165) is 4.90 Å². The molecule has 0 spiro atoms. The minimum Gasteiger partial charge on any atom is -0.480 e. The maximum absolute atomic E-state index is 12.1. The number of carboxylic acid groups (broad SMARTS) is 1. The van der Waals surface area contributed by atoms with Crippen molar-refractivity contribution in [2.45, 2.75) is 34.8 Å². The van der Waals surface area contributed by atoms with Crippen molar-refractivity contribution in [1.29, 1.82) is 0 Å². The van der Waals surface area contributed by atoms with E-state index >= 15 is 0 Å². The number of β-lactam (4-membered cyclic amide) rings is 1. The zero-order chi connectivity index (χ0) is 12.5. The van der Waals surface area contributed by atoms with Crippen molar-refractivity contribution >= 4 is 60.7 Å². The molecular formula is C8H10BrMgNO5S+2. The minimum absolute atomic E-state index is 0. The molecule has 0 aromatic rings. The van der Waals surface area contributed by atoms with Crippen LogP contribution >= 0.6 is 15.9 Å². The summed E-state index contributed by atoms with van der Waals surface area (Å²) in [4.78, 5) is 22.7. The van der Waals surface area contributed by atoms with Gasteiger partial charge in [0.2, 0.25) is 5.91 Å². The average Bonchev–Trinajstić information content (AvgIpc) is 2.28. The molecule has 3 atom stereocenters. The summed E-state index contributed by atoms with van der Waals surface area (Å²) >= 11 is 2.97. The van der Waals surface area contributed by atoms with Crippen LogP contribution in [0.3, 0.4) is 0 Å². The van der Waals surface area contributed by atoms with Gasteiger partial charge in [-0.25, -0.2) is 13.2 Å². The van der Waals surface area contributed by atoms with Crippen molar-refractivity contribution in [2.24, 2.45) is 0 Å². The first-order valence-electron chi connectivity index (χ1n) is 4.56. The molecule has 17 heavy (non-hydrogen) atoms. The topological polar surface area (TPSA) is 91.8 Å². The largest absolute Gasteiger partial charge is 2.00 e. The molecule has 2 fully saturated rings. The van der Waals surface area contributed by atoms with Crippen LogP contribution in [0.1, 0.15) is 13.8 Å². The van der Waals surface area contributed by atoms with Gasteiger partial charge >= 0.3 is 29.0 Å². The molecular weight excluding hydrogens is 326 g/mol. The van der Waals surface area contributed by atoms with E-state index in [-0.39, 0.29) is 23.1 Å². The van der Waals surface area contributed by atoms with Crippen LogP contribution in [0.4, 0.5) is 0 Å². The molecule has 0 aliphatic carbocycles. The Hall–Kier alpha value is 0.136. The molecule has 0 aromatic carbocycles. The van der Waals surface area contributed by atoms with Crippen LogP contribution in [-0.2, 0) is 19.4 Å². The Bertz CT molecular complexity index is 490. The Morgan fingerprint density at radius 3 is 2.35 bits per heavy atom. The number of carbonyl (C=O) groups excluding carboxylic acids is 1. The van der Waals surface area contributed by atoms with Crippen LogP contribution in [0, 0.1) is 0 Å². The first-order valence-corrected chi connectivity index (χ1v) is 7.02. The quantitative estimate of drug-likeness (QED) is 0.384. The molecule has 2 heterocycles. The first-order chi connectivity index (χ1) is 7.14. The fourth-order valence-electron chi connectivity index (χ4n) is 2.25. The van der Waals surface area contributed by atoms with Crippen molar-refractivity contribution < 1.29 is 23.1 Å². The Morgan fingerprint density at radius 1 is 1.47 bits per heavy atom. The van der Waals surface area contributed by atoms with E-state index in [9.17, 15) is 18.0 Å². The normalized spacial score (nSPS) is 36.8. The van der Waals surface area contributed by atoms with E-state index < -0.39 is 42.7 Å². The number of carboxylic acids is 1. The van der Waals surface area contributed by atoms with Crippen LogP contribution in [0.2, 0.25) is 0 Å². The summed E-state index contributed by atoms with van der Waals surface area (Å²) in [5.74, 6) is -1.77. The fourth-order valence-corrected chi connectivity index (χ4v) is 5.69. The number of nitrogens with zero attached hydrogens (tertiary/aromatic N) is 1. The first kappa shape index (κ1) is 15.2. The number of hydrogen-bond donors (Lipinski definition) is 1. The van der Waals surface area contributed by atoms with Gasteiger partial charge in [-0.2, -0.15) is 0 Å². The number of hydrogen-bond acceptors (Lipinski definition) is 4. The zero-order valence-electron chi connectivity index (χ0n) is 9.25. The van der Waals surface area contributed by atoms with Crippen molar-refractivity contribution in [3.05, 3.63) is 0 Å². The van der Waals surface area contributed by atoms with Crippen LogP contribution < -0.4 is 0 Å². The van der Waals surface area contributed by atoms with Crippen molar-refractivity contribution in [2.75, 3.05) is 0 Å². The van der Waals surface area contributed by atoms with Crippen LogP contribution in [-0.4, -0.2) is 74.3 Å². The summed E-state index contributed by atoms with van der Waals surface area (Å²) in [5, 5.41) is 7.99. The summed E-state index contributed by atoms with van der Waals surface area (Å²) in [5.41, 5.74) is 0. The van der Waals surface area contributed by atoms with Crippen LogP contribution in [0.15, 0.2) is 0 Å². The molecule has 90 valence electrons. The molecule has 2 rings (SSSR count). The summed E-state index contributed by atoms with van der Waals surface area (Å²) in [6.07, 6.45) is 0. The molecule has 1 N–H and O–H groups in total. The Kier molecular flexibility index (Phi) is 3.64. The van der Waals surface area contributed by atoms with Gasteiger partial charge in [0.15, 0.2) is 15.2 Å². The average molecular weight is 336 g/mol. The third-order valence-electron chi connectivity index (χ3n) is 3.24. The van der Waals surface area contributed by atoms with Gasteiger partial charge in [-0.15, -0.1) is 0 Å². The summed E-state index contributed by atoms with van der Waals surface area (Å²) in [6.45, 7) is 2.68. The SMILES string of the molecule is CC1(C)[C@H](C(=O)O)N2C(=O)C(Br)C2S1(=O)=O.[Mg+2]. The van der Waals surface area contributed by atoms with Crippen molar-refractivity contribution in [1.82, 2.24) is 4.90 Å². The maximum atomic E-state index is 12.1. The second-order valence-electron chi connectivity index (χ2n) is 4.43. The second kappa shape index (κ2) is 4.07. The third-order valence-corrected chi connectivity index (χ3v) is 7.30. The minimum atomic E-state index is -3.66. The second-order valence-corrected chi connectivity index (χ2v) is 8.04. The van der Waals surface area contributed by atoms with Gasteiger partial charge in [-0.05, 0) is 13.8 Å². The smallest absolute Gasteiger partial charge is 0.480 e. The molecule has 9 heteroatoms. The van der Waals surface area contributed by atoms with E-state index in [4.69, 9.17) is 5.11 Å². The van der Waals surface area contributed by atoms with Crippen molar-refractivity contribution in [3.8, 4) is 0 Å². The number of amides is 1. The van der Waals surface area contributed by atoms with Crippen molar-refractivity contribution in [3.63, 3.8) is 0 Å². The van der Waals surface area contributed by atoms with E-state index in [2.05, 4.69) is 15.9 Å². The monoisotopic (exact) mass is 335 g/mol. The molecule has 2 saturated heterocycles. The van der Waals surface area contributed by atoms with Gasteiger partial charge in [-0.1, -0.05) is 15.9 Å². The Morgan fingerprint density at radius 2 is 1.94 bits per heavy atom. The van der Waals surface area contributed by atoms with Crippen LogP contribution in [0.25, 0.3) is 0 Å². The molecule has 2 aliphatic rings. The molecule has 2 unspecified atom stereocenters. The molecule has 6 nitrogen and oxygen atoms in total. The fraction of sp³-hybridized carbons (Fsp3) is 0.750. The molecule has 0 saturated carbocycles. The number of carbonyl (C=O) groups is 2. The summed E-state index contributed by atoms with van der Waals surface area (Å²) < 4.78 is 22.7. The predicted molar refractivity (Wildman–Crippen MR) is 63.5 cm³/mol. The van der Waals surface area contributed by atoms with Crippen LogP contribution in [0.5, 0.6) is 0 Å². The number of fused-ring (bicyclic) bond motifs is 1. The van der Waals surface area contributed by atoms with E-state index in [1.54, 1.807) is 0 Å². The number of aliphatic carboxylic acids is 1. The molecule has 0 aromatic heterocycles. The van der Waals surface area contributed by atoms with Gasteiger partial charge in [0, 0.05) is 0 Å². The summed E-state index contributed by atoms with van der Waals surface area (Å²) in [6, 6.07) is -1.30. The van der Waals surface area contributed by atoms with Gasteiger partial charge < -0.3 is 10.0 Å². The molecule has 2 aliphatic heterocycles. The standard InChI is InChI=1S/C8H10BrNO5S.Mg/c1-8(2)4(7(12)13)10-5(11)3(9)6(10)16(8,14)15;/h3-4,6H,1-2H3,(H,12,13);/q;+2/t3?,4-,6?;/m0./s1. The summed E-state index contributed by atoms with van der Waals surface area (Å²) in [7, 11) is -3.66. The third kappa shape index (κ3) is 1.58. The maximum Gasteiger partial charge on any atom is 2.00 e. The molecule has 1 amide bonds. The number of alkyl halides is 1. The predicted octanol–water partition coefficient (Wildman–Crippen LogP) is -0.802. The Labute approximate surface area is 123 Å². The van der Waals surface area contributed by atoms with E-state index in [0.29, 0.717) is 0 Å². The van der Waals surface area contributed by atoms with Gasteiger partial charge in [0.05, 0.1) is 0 Å². The Balaban J connectivity index is 0.00000144. The van der Waals surface area contributed by atoms with Gasteiger partial charge in [0.25, 0.3) is 0 Å². The molecule has 0 radical (unpaired) electrons. The van der Waals surface area contributed by atoms with Gasteiger partial charge in [-0.3, -0.25) is 4.79 Å². The zero-order valence-corrected chi connectivity index (χ0v) is 13.1. The molecule has 0 bridgehead atoms. The number of rotatable bonds is 1.